The first-order chi connectivity index (χ1) is 9.20. The number of amides is 2. The number of anilines is 1. The van der Waals surface area contributed by atoms with Crippen LogP contribution in [0.5, 0.6) is 0 Å². The van der Waals surface area contributed by atoms with E-state index in [9.17, 15) is 9.59 Å². The van der Waals surface area contributed by atoms with Crippen LogP contribution >= 0.6 is 0 Å². The number of benzene rings is 1. The average molecular weight is 261 g/mol. The number of nitrogens with one attached hydrogen (secondary N) is 3. The van der Waals surface area contributed by atoms with Crippen LogP contribution in [0.1, 0.15) is 25.3 Å². The minimum absolute atomic E-state index is 0.0546. The van der Waals surface area contributed by atoms with Crippen molar-refractivity contribution in [2.75, 3.05) is 11.9 Å². The Kier molecular flexibility index (Phi) is 4.52. The number of hydrogen-bond acceptors (Lipinski definition) is 3. The Bertz CT molecular complexity index is 474. The van der Waals surface area contributed by atoms with E-state index in [4.69, 9.17) is 0 Å². The number of carbonyl (C=O) groups is 2. The molecular weight excluding hydrogens is 242 g/mol. The summed E-state index contributed by atoms with van der Waals surface area (Å²) in [6, 6.07) is 7.28. The summed E-state index contributed by atoms with van der Waals surface area (Å²) < 4.78 is 0. The van der Waals surface area contributed by atoms with Gasteiger partial charge in [0.15, 0.2) is 0 Å². The monoisotopic (exact) mass is 261 g/mol. The predicted octanol–water partition coefficient (Wildman–Crippen LogP) is 1.01. The average Bonchev–Trinajstić information content (AvgIpc) is 2.84. The summed E-state index contributed by atoms with van der Waals surface area (Å²) in [6.45, 7) is 3.63. The normalized spacial score (nSPS) is 18.2. The molecule has 0 aromatic heterocycles. The second-order valence-electron chi connectivity index (χ2n) is 4.59. The minimum Gasteiger partial charge on any atom is -0.344 e. The van der Waals surface area contributed by atoms with Crippen LogP contribution in [0.2, 0.25) is 0 Å². The molecule has 1 aliphatic rings. The second-order valence-corrected chi connectivity index (χ2v) is 4.59. The second kappa shape index (κ2) is 6.33. The molecular formula is C14H19N3O2. The van der Waals surface area contributed by atoms with Crippen molar-refractivity contribution in [3.63, 3.8) is 0 Å². The highest BCUT2D eigenvalue weighted by Crippen LogP contribution is 2.16. The summed E-state index contributed by atoms with van der Waals surface area (Å²) in [4.78, 5) is 23.2. The summed E-state index contributed by atoms with van der Waals surface area (Å²) >= 11 is 0. The molecule has 0 unspecified atom stereocenters. The highest BCUT2D eigenvalue weighted by atomic mass is 16.2. The molecule has 1 aromatic carbocycles. The molecule has 3 N–H and O–H groups in total. The molecule has 2 amide bonds. The molecule has 1 aromatic rings. The molecule has 1 atom stereocenters. The zero-order valence-corrected chi connectivity index (χ0v) is 11.0. The Hall–Kier alpha value is -1.88. The number of hydrogen-bond donors (Lipinski definition) is 3. The Morgan fingerprint density at radius 3 is 2.89 bits per heavy atom. The molecule has 5 nitrogen and oxygen atoms in total. The quantitative estimate of drug-likeness (QED) is 0.741. The maximum atomic E-state index is 12.0. The van der Waals surface area contributed by atoms with Gasteiger partial charge in [0.25, 0.3) is 0 Å². The van der Waals surface area contributed by atoms with Crippen molar-refractivity contribution in [3.8, 4) is 0 Å². The molecule has 1 aliphatic heterocycles. The first-order valence-electron chi connectivity index (χ1n) is 6.59. The first kappa shape index (κ1) is 13.5. The highest BCUT2D eigenvalue weighted by Gasteiger charge is 2.27. The standard InChI is InChI=1S/C14H19N3O2/c1-2-15-9-10-5-3-4-6-11(10)17-14(19)12-7-8-13(18)16-12/h3-6,12,15H,2,7-9H2,1H3,(H,16,18)(H,17,19)/t12-/m1/s1. The third-order valence-corrected chi connectivity index (χ3v) is 3.15. The van der Waals surface area contributed by atoms with Crippen LogP contribution in [0.15, 0.2) is 24.3 Å². The molecule has 0 saturated carbocycles. The molecule has 5 heteroatoms. The van der Waals surface area contributed by atoms with Gasteiger partial charge < -0.3 is 16.0 Å². The lowest BCUT2D eigenvalue weighted by Crippen LogP contribution is -2.37. The molecule has 19 heavy (non-hydrogen) atoms. The SMILES string of the molecule is CCNCc1ccccc1NC(=O)[C@H]1CCC(=O)N1. The fraction of sp³-hybridized carbons (Fsp3) is 0.429. The van der Waals surface area contributed by atoms with E-state index < -0.39 is 6.04 Å². The maximum absolute atomic E-state index is 12.0. The Morgan fingerprint density at radius 1 is 1.42 bits per heavy atom. The molecule has 0 radical (unpaired) electrons. The summed E-state index contributed by atoms with van der Waals surface area (Å²) in [5.74, 6) is -0.198. The largest absolute Gasteiger partial charge is 0.344 e. The minimum atomic E-state index is -0.403. The van der Waals surface area contributed by atoms with Crippen molar-refractivity contribution in [2.24, 2.45) is 0 Å². The molecule has 0 spiro atoms. The van der Waals surface area contributed by atoms with Gasteiger partial charge in [0.1, 0.15) is 6.04 Å². The third-order valence-electron chi connectivity index (χ3n) is 3.15. The van der Waals surface area contributed by atoms with Crippen LogP contribution in [-0.4, -0.2) is 24.4 Å². The fourth-order valence-corrected chi connectivity index (χ4v) is 2.09. The van der Waals surface area contributed by atoms with Crippen LogP contribution < -0.4 is 16.0 Å². The zero-order valence-electron chi connectivity index (χ0n) is 11.0. The van der Waals surface area contributed by atoms with Gasteiger partial charge in [-0.2, -0.15) is 0 Å². The van der Waals surface area contributed by atoms with Gasteiger partial charge in [-0.15, -0.1) is 0 Å². The summed E-state index contributed by atoms with van der Waals surface area (Å²) in [6.07, 6.45) is 0.997. The first-order valence-corrected chi connectivity index (χ1v) is 6.59. The van der Waals surface area contributed by atoms with Crippen LogP contribution in [-0.2, 0) is 16.1 Å². The molecule has 1 fully saturated rings. The van der Waals surface area contributed by atoms with Gasteiger partial charge in [0, 0.05) is 18.7 Å². The van der Waals surface area contributed by atoms with E-state index in [0.717, 1.165) is 17.8 Å². The smallest absolute Gasteiger partial charge is 0.246 e. The molecule has 1 heterocycles. The van der Waals surface area contributed by atoms with Crippen molar-refractivity contribution in [2.45, 2.75) is 32.4 Å². The molecule has 0 bridgehead atoms. The van der Waals surface area contributed by atoms with E-state index in [1.54, 1.807) is 0 Å². The van der Waals surface area contributed by atoms with E-state index in [2.05, 4.69) is 16.0 Å². The van der Waals surface area contributed by atoms with Gasteiger partial charge in [0.05, 0.1) is 0 Å². The van der Waals surface area contributed by atoms with Gasteiger partial charge in [-0.1, -0.05) is 25.1 Å². The molecule has 1 saturated heterocycles. The Morgan fingerprint density at radius 2 is 2.21 bits per heavy atom. The highest BCUT2D eigenvalue weighted by molar-refractivity contribution is 5.99. The Balaban J connectivity index is 2.01. The van der Waals surface area contributed by atoms with Crippen LogP contribution in [0.25, 0.3) is 0 Å². The van der Waals surface area contributed by atoms with Gasteiger partial charge >= 0.3 is 0 Å². The van der Waals surface area contributed by atoms with Gasteiger partial charge in [0.2, 0.25) is 11.8 Å². The lowest BCUT2D eigenvalue weighted by molar-refractivity contribution is -0.122. The topological polar surface area (TPSA) is 70.2 Å². The lowest BCUT2D eigenvalue weighted by Gasteiger charge is -2.14. The molecule has 0 aliphatic carbocycles. The summed E-state index contributed by atoms with van der Waals surface area (Å²) in [5, 5.41) is 8.79. The van der Waals surface area contributed by atoms with Crippen molar-refractivity contribution in [1.82, 2.24) is 10.6 Å². The van der Waals surface area contributed by atoms with Gasteiger partial charge in [-0.25, -0.2) is 0 Å². The third kappa shape index (κ3) is 3.54. The summed E-state index contributed by atoms with van der Waals surface area (Å²) in [5.41, 5.74) is 1.84. The van der Waals surface area contributed by atoms with E-state index >= 15 is 0 Å². The van der Waals surface area contributed by atoms with Crippen LogP contribution in [0, 0.1) is 0 Å². The molecule has 102 valence electrons. The lowest BCUT2D eigenvalue weighted by atomic mass is 10.1. The summed E-state index contributed by atoms with van der Waals surface area (Å²) in [7, 11) is 0. The van der Waals surface area contributed by atoms with Crippen molar-refractivity contribution in [1.29, 1.82) is 0 Å². The van der Waals surface area contributed by atoms with E-state index in [0.29, 0.717) is 19.4 Å². The van der Waals surface area contributed by atoms with E-state index in [1.165, 1.54) is 0 Å². The van der Waals surface area contributed by atoms with E-state index in [1.807, 2.05) is 31.2 Å². The molecule has 2 rings (SSSR count). The van der Waals surface area contributed by atoms with Crippen molar-refractivity contribution >= 4 is 17.5 Å². The van der Waals surface area contributed by atoms with Crippen molar-refractivity contribution in [3.05, 3.63) is 29.8 Å². The van der Waals surface area contributed by atoms with Gasteiger partial charge in [-0.3, -0.25) is 9.59 Å². The predicted molar refractivity (Wildman–Crippen MR) is 73.6 cm³/mol. The van der Waals surface area contributed by atoms with Crippen LogP contribution in [0.3, 0.4) is 0 Å². The van der Waals surface area contributed by atoms with Crippen molar-refractivity contribution < 1.29 is 9.59 Å². The number of para-hydroxylation sites is 1. The van der Waals surface area contributed by atoms with Crippen LogP contribution in [0.4, 0.5) is 5.69 Å². The van der Waals surface area contributed by atoms with Gasteiger partial charge in [-0.05, 0) is 24.6 Å². The fourth-order valence-electron chi connectivity index (χ4n) is 2.09. The number of carbonyl (C=O) groups excluding carboxylic acids is 2. The van der Waals surface area contributed by atoms with E-state index in [-0.39, 0.29) is 11.8 Å². The maximum Gasteiger partial charge on any atom is 0.246 e. The Labute approximate surface area is 112 Å². The number of rotatable bonds is 5. The zero-order chi connectivity index (χ0) is 13.7.